The van der Waals surface area contributed by atoms with E-state index >= 15 is 0 Å². The van der Waals surface area contributed by atoms with Crippen molar-refractivity contribution >= 4 is 85.4 Å². The van der Waals surface area contributed by atoms with E-state index in [-0.39, 0.29) is 5.41 Å². The van der Waals surface area contributed by atoms with Gasteiger partial charge in [-0.25, -0.2) is 0 Å². The van der Waals surface area contributed by atoms with Crippen LogP contribution in [0.3, 0.4) is 0 Å². The van der Waals surface area contributed by atoms with Crippen LogP contribution < -0.4 is 2.89 Å². The zero-order valence-corrected chi connectivity index (χ0v) is 41.0. The average Bonchev–Trinajstić information content (AvgIpc) is 4.02. The zero-order chi connectivity index (χ0) is 38.5. The van der Waals surface area contributed by atoms with Gasteiger partial charge < -0.3 is 0 Å². The molecule has 0 amide bonds. The fraction of sp³-hybridized carbons (Fsp3) is 0.529. The average molecular weight is 924 g/mol. The van der Waals surface area contributed by atoms with Crippen molar-refractivity contribution in [1.82, 2.24) is 0 Å². The van der Waals surface area contributed by atoms with Gasteiger partial charge in [-0.15, -0.1) is 22.7 Å². The number of benzene rings is 2. The predicted molar refractivity (Wildman–Crippen MR) is 257 cm³/mol. The summed E-state index contributed by atoms with van der Waals surface area (Å²) in [5.74, 6) is 0. The van der Waals surface area contributed by atoms with Crippen LogP contribution in [0.5, 0.6) is 0 Å². The first-order valence-corrected chi connectivity index (χ1v) is 33.5. The number of fused-ring (bicyclic) bond motifs is 5. The van der Waals surface area contributed by atoms with E-state index in [1.807, 2.05) is 25.6 Å². The number of unbranched alkanes of at least 4 members (excludes halogenated alkanes) is 3. The predicted octanol–water partition coefficient (Wildman–Crippen LogP) is 17.8. The Bertz CT molecular complexity index is 2180. The van der Waals surface area contributed by atoms with Gasteiger partial charge in [-0.2, -0.15) is 0 Å². The quantitative estimate of drug-likeness (QED) is 0.0849. The van der Waals surface area contributed by atoms with E-state index in [4.69, 9.17) is 0 Å². The molecule has 0 nitrogen and oxygen atoms in total. The fourth-order valence-electron chi connectivity index (χ4n) is 13.1. The van der Waals surface area contributed by atoms with E-state index in [0.29, 0.717) is 10.8 Å². The molecular formula is C51H64S4Sn. The van der Waals surface area contributed by atoms with Crippen LogP contribution >= 0.6 is 45.3 Å². The molecule has 0 saturated heterocycles. The second-order valence-electron chi connectivity index (χ2n) is 18.3. The molecule has 296 valence electrons. The SMILES string of the molecule is CCC[CH2][Sn]([CH2]CCC)([CH2]CCC)[c]1cc2sc(-c3ccc4c(c3)C3(c5cc(-c6cc7sccc7s6)ccc5-4)C4(CCC)CCCC3(CCC)CCC4)cc2s1. The van der Waals surface area contributed by atoms with Crippen molar-refractivity contribution in [1.29, 1.82) is 0 Å². The minimum absolute atomic E-state index is 0.0710. The summed E-state index contributed by atoms with van der Waals surface area (Å²) in [7, 11) is 0. The van der Waals surface area contributed by atoms with Gasteiger partial charge >= 0.3 is 293 Å². The van der Waals surface area contributed by atoms with Crippen LogP contribution in [0.2, 0.25) is 13.3 Å². The summed E-state index contributed by atoms with van der Waals surface area (Å²) in [6.07, 6.45) is 21.9. The van der Waals surface area contributed by atoms with Crippen LogP contribution in [0.1, 0.15) is 148 Å². The van der Waals surface area contributed by atoms with Crippen LogP contribution in [0.25, 0.3) is 50.8 Å². The molecule has 0 N–H and O–H groups in total. The zero-order valence-electron chi connectivity index (χ0n) is 34.9. The van der Waals surface area contributed by atoms with Gasteiger partial charge in [0.05, 0.1) is 0 Å². The first-order valence-electron chi connectivity index (χ1n) is 22.7. The second kappa shape index (κ2) is 16.2. The maximum atomic E-state index is 2.78. The molecule has 2 saturated carbocycles. The first kappa shape index (κ1) is 40.0. The first-order chi connectivity index (χ1) is 27.4. The van der Waals surface area contributed by atoms with Gasteiger partial charge in [-0.05, 0) is 17.5 Å². The molecule has 0 unspecified atom stereocenters. The van der Waals surface area contributed by atoms with Gasteiger partial charge in [0.25, 0.3) is 0 Å². The molecule has 0 aliphatic heterocycles. The molecule has 5 heteroatoms. The Morgan fingerprint density at radius 3 is 1.50 bits per heavy atom. The van der Waals surface area contributed by atoms with E-state index in [0.717, 1.165) is 0 Å². The van der Waals surface area contributed by atoms with Gasteiger partial charge in [0.1, 0.15) is 0 Å². The molecule has 2 fully saturated rings. The maximum absolute atomic E-state index is 2.78. The van der Waals surface area contributed by atoms with E-state index < -0.39 is 18.4 Å². The third-order valence-corrected chi connectivity index (χ3v) is 38.0. The Balaban J connectivity index is 1.20. The molecule has 3 aliphatic carbocycles. The third kappa shape index (κ3) is 6.25. The van der Waals surface area contributed by atoms with E-state index in [2.05, 4.69) is 123 Å². The molecule has 4 aromatic heterocycles. The Morgan fingerprint density at radius 2 is 1.02 bits per heavy atom. The molecular weight excluding hydrogens is 860 g/mol. The van der Waals surface area contributed by atoms with Gasteiger partial charge in [0.2, 0.25) is 0 Å². The van der Waals surface area contributed by atoms with Gasteiger partial charge in [0.15, 0.2) is 0 Å². The van der Waals surface area contributed by atoms with E-state index in [9.17, 15) is 0 Å². The Hall–Kier alpha value is -1.44. The molecule has 1 spiro atoms. The standard InChI is InChI=1S/C39H37S4.3C4H9.Sn/c1-3-13-37-15-5-17-38(14-4-2,18-6-16-37)39(37)29-21-25(33-23-35-31(42-33)11-19-40-35)7-9-27(29)28-10-8-26(22-30(28)39)34-24-36-32(43-34)12-20-41-36;3*1-3-4-2;/h7-12,19,21-24H,3-6,13-18H2,1-2H3;3*1,3-4H2,2H3;. The van der Waals surface area contributed by atoms with Crippen LogP contribution in [0, 0.1) is 10.8 Å². The summed E-state index contributed by atoms with van der Waals surface area (Å²) in [5.41, 5.74) is 10.1. The van der Waals surface area contributed by atoms with Crippen LogP contribution in [-0.4, -0.2) is 18.4 Å². The summed E-state index contributed by atoms with van der Waals surface area (Å²) in [4.78, 5) is 2.94. The van der Waals surface area contributed by atoms with Crippen molar-refractivity contribution in [3.8, 4) is 32.0 Å². The molecule has 56 heavy (non-hydrogen) atoms. The molecule has 3 aliphatic rings. The normalized spacial score (nSPS) is 23.1. The number of thiophene rings is 4. The second-order valence-corrected chi connectivity index (χ2v) is 36.7. The van der Waals surface area contributed by atoms with Crippen molar-refractivity contribution in [2.75, 3.05) is 0 Å². The summed E-state index contributed by atoms with van der Waals surface area (Å²) in [6.45, 7) is 12.2. The molecule has 0 atom stereocenters. The van der Waals surface area contributed by atoms with Crippen LogP contribution in [0.4, 0.5) is 0 Å². The summed E-state index contributed by atoms with van der Waals surface area (Å²) in [5, 5.41) is 2.25. The molecule has 0 radical (unpaired) electrons. The van der Waals surface area contributed by atoms with Gasteiger partial charge in [-0.1, -0.05) is 13.8 Å². The van der Waals surface area contributed by atoms with E-state index in [1.54, 1.807) is 45.0 Å². The van der Waals surface area contributed by atoms with Crippen molar-refractivity contribution in [2.45, 2.75) is 156 Å². The monoisotopic (exact) mass is 924 g/mol. The summed E-state index contributed by atoms with van der Waals surface area (Å²) < 4.78 is 12.6. The Kier molecular flexibility index (Phi) is 11.6. The number of hydrogen-bond donors (Lipinski definition) is 0. The number of rotatable bonds is 16. The van der Waals surface area contributed by atoms with Crippen molar-refractivity contribution in [2.24, 2.45) is 10.8 Å². The molecule has 6 aromatic rings. The van der Waals surface area contributed by atoms with Crippen molar-refractivity contribution in [3.05, 3.63) is 77.2 Å². The topological polar surface area (TPSA) is 0 Å². The van der Waals surface area contributed by atoms with Crippen molar-refractivity contribution < 1.29 is 0 Å². The van der Waals surface area contributed by atoms with Gasteiger partial charge in [-0.3, -0.25) is 0 Å². The number of hydrogen-bond acceptors (Lipinski definition) is 4. The molecule has 2 bridgehead atoms. The summed E-state index contributed by atoms with van der Waals surface area (Å²) >= 11 is 5.77. The van der Waals surface area contributed by atoms with Gasteiger partial charge in [0, 0.05) is 14.3 Å². The Morgan fingerprint density at radius 1 is 0.518 bits per heavy atom. The van der Waals surface area contributed by atoms with E-state index in [1.165, 1.54) is 133 Å². The minimum atomic E-state index is -2.46. The molecule has 9 rings (SSSR count). The molecule has 4 heterocycles. The fourth-order valence-corrected chi connectivity index (χ4v) is 37.1. The summed E-state index contributed by atoms with van der Waals surface area (Å²) in [6, 6.07) is 25.8. The third-order valence-electron chi connectivity index (χ3n) is 15.3. The van der Waals surface area contributed by atoms with Crippen molar-refractivity contribution in [3.63, 3.8) is 0 Å². The molecule has 2 aromatic carbocycles. The Labute approximate surface area is 358 Å². The van der Waals surface area contributed by atoms with Crippen LogP contribution in [-0.2, 0) is 5.41 Å². The van der Waals surface area contributed by atoms with Crippen LogP contribution in [0.15, 0.2) is 66.0 Å².